The molecule has 0 aliphatic heterocycles. The van der Waals surface area contributed by atoms with Crippen LogP contribution in [0.25, 0.3) is 0 Å². The van der Waals surface area contributed by atoms with Crippen LogP contribution in [0, 0.1) is 0 Å². The third kappa shape index (κ3) is 8.49. The molecule has 3 heteroatoms. The van der Waals surface area contributed by atoms with Gasteiger partial charge in [-0.1, -0.05) is 69.9 Å². The van der Waals surface area contributed by atoms with E-state index in [0.29, 0.717) is 0 Å². The molecule has 1 rings (SSSR count). The highest BCUT2D eigenvalue weighted by molar-refractivity contribution is 5.99. The van der Waals surface area contributed by atoms with E-state index in [2.05, 4.69) is 17.1 Å². The Morgan fingerprint density at radius 1 is 1.00 bits per heavy atom. The Bertz CT molecular complexity index is 376. The van der Waals surface area contributed by atoms with Crippen LogP contribution < -0.4 is 0 Å². The lowest BCUT2D eigenvalue weighted by atomic mass is 10.0. The molecule has 1 aromatic heterocycles. The maximum atomic E-state index is 9.08. The van der Waals surface area contributed by atoms with Crippen LogP contribution in [0.5, 0.6) is 0 Å². The van der Waals surface area contributed by atoms with Crippen molar-refractivity contribution in [3.63, 3.8) is 0 Å². The van der Waals surface area contributed by atoms with E-state index in [0.717, 1.165) is 24.1 Å². The zero-order valence-corrected chi connectivity index (χ0v) is 13.4. The Hall–Kier alpha value is -1.38. The highest BCUT2D eigenvalue weighted by Gasteiger charge is 2.03. The minimum absolute atomic E-state index is 0.752. The molecule has 1 aromatic rings. The van der Waals surface area contributed by atoms with Crippen LogP contribution in [-0.4, -0.2) is 15.9 Å². The zero-order chi connectivity index (χ0) is 15.2. The number of pyridine rings is 1. The van der Waals surface area contributed by atoms with Gasteiger partial charge in [0, 0.05) is 18.0 Å². The molecule has 0 aliphatic rings. The minimum Gasteiger partial charge on any atom is -0.411 e. The standard InChI is InChI=1S/C18H30N2O/c1-2-3-4-5-6-7-8-9-10-11-14-18(20-21)17-13-12-15-19-16-17/h12-13,15-16,21H,2-11,14H2,1H3. The van der Waals surface area contributed by atoms with Crippen LogP contribution in [0.3, 0.4) is 0 Å². The van der Waals surface area contributed by atoms with Crippen molar-refractivity contribution in [1.82, 2.24) is 4.98 Å². The molecular formula is C18H30N2O. The summed E-state index contributed by atoms with van der Waals surface area (Å²) in [7, 11) is 0. The average molecular weight is 290 g/mol. The summed E-state index contributed by atoms with van der Waals surface area (Å²) in [4.78, 5) is 4.06. The maximum absolute atomic E-state index is 9.08. The molecule has 0 aromatic carbocycles. The molecule has 0 atom stereocenters. The highest BCUT2D eigenvalue weighted by Crippen LogP contribution is 2.13. The van der Waals surface area contributed by atoms with Gasteiger partial charge in [-0.3, -0.25) is 4.98 Å². The first-order chi connectivity index (χ1) is 10.4. The molecule has 0 radical (unpaired) electrons. The van der Waals surface area contributed by atoms with Gasteiger partial charge < -0.3 is 5.21 Å². The van der Waals surface area contributed by atoms with Crippen molar-refractivity contribution in [2.45, 2.75) is 77.6 Å². The Kier molecular flexibility index (Phi) is 10.4. The van der Waals surface area contributed by atoms with Crippen molar-refractivity contribution in [3.05, 3.63) is 30.1 Å². The predicted molar refractivity (Wildman–Crippen MR) is 89.0 cm³/mol. The lowest BCUT2D eigenvalue weighted by Gasteiger charge is -2.04. The van der Waals surface area contributed by atoms with Gasteiger partial charge in [0.15, 0.2) is 0 Å². The van der Waals surface area contributed by atoms with Gasteiger partial charge in [0.2, 0.25) is 0 Å². The van der Waals surface area contributed by atoms with E-state index in [1.807, 2.05) is 12.1 Å². The summed E-state index contributed by atoms with van der Waals surface area (Å²) in [6.45, 7) is 2.26. The van der Waals surface area contributed by atoms with Gasteiger partial charge >= 0.3 is 0 Å². The normalized spacial score (nSPS) is 11.8. The van der Waals surface area contributed by atoms with Crippen LogP contribution in [0.15, 0.2) is 29.7 Å². The number of oxime groups is 1. The summed E-state index contributed by atoms with van der Waals surface area (Å²) >= 11 is 0. The topological polar surface area (TPSA) is 45.5 Å². The van der Waals surface area contributed by atoms with Crippen LogP contribution in [0.4, 0.5) is 0 Å². The fraction of sp³-hybridized carbons (Fsp3) is 0.667. The molecule has 0 fully saturated rings. The summed E-state index contributed by atoms with van der Waals surface area (Å²) in [5, 5.41) is 12.5. The predicted octanol–water partition coefficient (Wildman–Crippen LogP) is 5.57. The third-order valence-corrected chi connectivity index (χ3v) is 3.88. The van der Waals surface area contributed by atoms with Crippen molar-refractivity contribution >= 4 is 5.71 Å². The summed E-state index contributed by atoms with van der Waals surface area (Å²) in [5.41, 5.74) is 1.68. The number of hydrogen-bond acceptors (Lipinski definition) is 3. The van der Waals surface area contributed by atoms with Crippen molar-refractivity contribution in [2.24, 2.45) is 5.16 Å². The van der Waals surface area contributed by atoms with E-state index >= 15 is 0 Å². The Morgan fingerprint density at radius 3 is 2.14 bits per heavy atom. The minimum atomic E-state index is 0.752. The second-order valence-electron chi connectivity index (χ2n) is 5.72. The molecule has 0 saturated carbocycles. The van der Waals surface area contributed by atoms with Crippen molar-refractivity contribution in [1.29, 1.82) is 0 Å². The van der Waals surface area contributed by atoms with Crippen molar-refractivity contribution in [2.75, 3.05) is 0 Å². The van der Waals surface area contributed by atoms with E-state index in [1.54, 1.807) is 12.4 Å². The third-order valence-electron chi connectivity index (χ3n) is 3.88. The number of hydrogen-bond donors (Lipinski definition) is 1. The molecule has 0 spiro atoms. The molecule has 0 amide bonds. The Morgan fingerprint density at radius 2 is 1.62 bits per heavy atom. The summed E-state index contributed by atoms with van der Waals surface area (Å²) < 4.78 is 0. The number of aromatic nitrogens is 1. The molecule has 1 heterocycles. The first-order valence-corrected chi connectivity index (χ1v) is 8.49. The average Bonchev–Trinajstić information content (AvgIpc) is 2.54. The van der Waals surface area contributed by atoms with E-state index in [-0.39, 0.29) is 0 Å². The molecule has 21 heavy (non-hydrogen) atoms. The summed E-state index contributed by atoms with van der Waals surface area (Å²) in [5.74, 6) is 0. The fourth-order valence-electron chi connectivity index (χ4n) is 2.57. The Balaban J connectivity index is 2.01. The largest absolute Gasteiger partial charge is 0.411 e. The quantitative estimate of drug-likeness (QED) is 0.237. The molecule has 3 nitrogen and oxygen atoms in total. The van der Waals surface area contributed by atoms with Gasteiger partial charge in [-0.2, -0.15) is 0 Å². The van der Waals surface area contributed by atoms with E-state index in [4.69, 9.17) is 5.21 Å². The first-order valence-electron chi connectivity index (χ1n) is 8.49. The van der Waals surface area contributed by atoms with Gasteiger partial charge in [-0.05, 0) is 25.0 Å². The second-order valence-corrected chi connectivity index (χ2v) is 5.72. The van der Waals surface area contributed by atoms with E-state index < -0.39 is 0 Å². The monoisotopic (exact) mass is 290 g/mol. The molecule has 1 N–H and O–H groups in total. The molecule has 0 aliphatic carbocycles. The van der Waals surface area contributed by atoms with Gasteiger partial charge in [0.25, 0.3) is 0 Å². The molecular weight excluding hydrogens is 260 g/mol. The Labute approximate surface area is 129 Å². The van der Waals surface area contributed by atoms with Crippen molar-refractivity contribution < 1.29 is 5.21 Å². The molecule has 0 unspecified atom stereocenters. The van der Waals surface area contributed by atoms with Crippen LogP contribution in [0.2, 0.25) is 0 Å². The lowest BCUT2D eigenvalue weighted by Crippen LogP contribution is -2.01. The molecule has 0 saturated heterocycles. The van der Waals surface area contributed by atoms with Crippen molar-refractivity contribution in [3.8, 4) is 0 Å². The smallest absolute Gasteiger partial charge is 0.0883 e. The van der Waals surface area contributed by atoms with Crippen LogP contribution >= 0.6 is 0 Å². The molecule has 118 valence electrons. The van der Waals surface area contributed by atoms with Crippen LogP contribution in [-0.2, 0) is 0 Å². The van der Waals surface area contributed by atoms with Gasteiger partial charge in [-0.15, -0.1) is 0 Å². The number of rotatable bonds is 12. The van der Waals surface area contributed by atoms with E-state index in [1.165, 1.54) is 57.8 Å². The van der Waals surface area contributed by atoms with E-state index in [9.17, 15) is 0 Å². The van der Waals surface area contributed by atoms with Crippen LogP contribution in [0.1, 0.15) is 83.1 Å². The van der Waals surface area contributed by atoms with Gasteiger partial charge in [-0.25, -0.2) is 0 Å². The fourth-order valence-corrected chi connectivity index (χ4v) is 2.57. The number of unbranched alkanes of at least 4 members (excludes halogenated alkanes) is 9. The van der Waals surface area contributed by atoms with Gasteiger partial charge in [0.05, 0.1) is 5.71 Å². The molecule has 0 bridgehead atoms. The second kappa shape index (κ2) is 12.4. The maximum Gasteiger partial charge on any atom is 0.0883 e. The SMILES string of the molecule is CCCCCCCCCCCCC(=NO)c1cccnc1. The zero-order valence-electron chi connectivity index (χ0n) is 13.4. The number of nitrogens with zero attached hydrogens (tertiary/aromatic N) is 2. The summed E-state index contributed by atoms with van der Waals surface area (Å²) in [6.07, 6.45) is 17.5. The summed E-state index contributed by atoms with van der Waals surface area (Å²) in [6, 6.07) is 3.82. The highest BCUT2D eigenvalue weighted by atomic mass is 16.4. The first kappa shape index (κ1) is 17.7. The van der Waals surface area contributed by atoms with Gasteiger partial charge in [0.1, 0.15) is 0 Å². The lowest BCUT2D eigenvalue weighted by molar-refractivity contribution is 0.317.